The van der Waals surface area contributed by atoms with Crippen LogP contribution in [0.4, 0.5) is 0 Å². The molecule has 3 atom stereocenters. The third-order valence-electron chi connectivity index (χ3n) is 6.30. The standard InChI is InChI=1S/C27H45N3O9S3/c1-7-19(4)40-16-22(31)37-13-10-28-25(34)29(11-14-38-23(32)17-41-20(5)8-2)27(36)30(26(28)35)12-15-39-24(33)18-42-21(6)9-3/h19-21H,7-18H2,1-6H3. The quantitative estimate of drug-likeness (QED) is 0.142. The molecule has 3 unspecified atom stereocenters. The monoisotopic (exact) mass is 651 g/mol. The minimum atomic E-state index is -0.918. The summed E-state index contributed by atoms with van der Waals surface area (Å²) in [7, 11) is 0. The van der Waals surface area contributed by atoms with E-state index in [2.05, 4.69) is 0 Å². The predicted molar refractivity (Wildman–Crippen MR) is 169 cm³/mol. The van der Waals surface area contributed by atoms with E-state index < -0.39 is 35.0 Å². The Morgan fingerprint density at radius 2 is 0.786 bits per heavy atom. The second-order valence-electron chi connectivity index (χ2n) is 9.55. The zero-order valence-corrected chi connectivity index (χ0v) is 27.9. The fourth-order valence-electron chi connectivity index (χ4n) is 3.12. The average Bonchev–Trinajstić information content (AvgIpc) is 2.98. The smallest absolute Gasteiger partial charge is 0.336 e. The first kappa shape index (κ1) is 37.9. The highest BCUT2D eigenvalue weighted by Crippen LogP contribution is 2.14. The Labute approximate surface area is 259 Å². The number of carbonyl (C=O) groups excluding carboxylic acids is 3. The molecule has 1 aromatic rings. The van der Waals surface area contributed by atoms with Crippen LogP contribution in [0, 0.1) is 0 Å². The van der Waals surface area contributed by atoms with Gasteiger partial charge >= 0.3 is 35.0 Å². The summed E-state index contributed by atoms with van der Waals surface area (Å²) in [5.41, 5.74) is -2.75. The van der Waals surface area contributed by atoms with Crippen molar-refractivity contribution in [3.8, 4) is 0 Å². The van der Waals surface area contributed by atoms with E-state index in [0.29, 0.717) is 0 Å². The van der Waals surface area contributed by atoms with E-state index in [1.807, 2.05) is 41.5 Å². The lowest BCUT2D eigenvalue weighted by Gasteiger charge is -2.15. The van der Waals surface area contributed by atoms with Crippen LogP contribution in [0.15, 0.2) is 14.4 Å². The Bertz CT molecular complexity index is 1010. The van der Waals surface area contributed by atoms with Crippen LogP contribution < -0.4 is 17.1 Å². The highest BCUT2D eigenvalue weighted by molar-refractivity contribution is 8.00. The van der Waals surface area contributed by atoms with Crippen molar-refractivity contribution in [2.75, 3.05) is 37.1 Å². The number of aromatic nitrogens is 3. The number of hydrogen-bond acceptors (Lipinski definition) is 12. The molecule has 0 spiro atoms. The predicted octanol–water partition coefficient (Wildman–Crippen LogP) is 2.40. The molecule has 12 nitrogen and oxygen atoms in total. The lowest BCUT2D eigenvalue weighted by atomic mass is 10.4. The maximum absolute atomic E-state index is 13.1. The zero-order chi connectivity index (χ0) is 31.7. The van der Waals surface area contributed by atoms with Crippen molar-refractivity contribution in [1.82, 2.24) is 13.7 Å². The fourth-order valence-corrected chi connectivity index (χ4v) is 5.34. The van der Waals surface area contributed by atoms with Crippen molar-refractivity contribution < 1.29 is 28.6 Å². The Kier molecular flexibility index (Phi) is 18.7. The molecule has 1 rings (SSSR count). The average molecular weight is 652 g/mol. The summed E-state index contributed by atoms with van der Waals surface area (Å²) in [4.78, 5) is 75.6. The van der Waals surface area contributed by atoms with Crippen molar-refractivity contribution in [1.29, 1.82) is 0 Å². The van der Waals surface area contributed by atoms with Crippen molar-refractivity contribution in [3.05, 3.63) is 31.5 Å². The van der Waals surface area contributed by atoms with E-state index in [1.54, 1.807) is 0 Å². The summed E-state index contributed by atoms with van der Waals surface area (Å²) in [6, 6.07) is 0. The van der Waals surface area contributed by atoms with Crippen LogP contribution in [0.1, 0.15) is 60.8 Å². The first-order chi connectivity index (χ1) is 19.9. The van der Waals surface area contributed by atoms with Gasteiger partial charge in [-0.05, 0) is 19.3 Å². The second kappa shape index (κ2) is 20.7. The highest BCUT2D eigenvalue weighted by atomic mass is 32.2. The number of hydrogen-bond donors (Lipinski definition) is 0. The Morgan fingerprint density at radius 3 is 1.00 bits per heavy atom. The highest BCUT2D eigenvalue weighted by Gasteiger charge is 2.18. The third kappa shape index (κ3) is 13.9. The molecule has 0 aliphatic carbocycles. The Hall–Kier alpha value is -2.13. The minimum Gasteiger partial charge on any atom is -0.463 e. The number of ether oxygens (including phenoxy) is 3. The number of carbonyl (C=O) groups is 3. The molecule has 0 N–H and O–H groups in total. The Balaban J connectivity index is 3.03. The molecule has 42 heavy (non-hydrogen) atoms. The Morgan fingerprint density at radius 1 is 0.548 bits per heavy atom. The summed E-state index contributed by atoms with van der Waals surface area (Å²) in [5, 5.41) is 0.837. The number of thioether (sulfide) groups is 3. The maximum atomic E-state index is 13.1. The fraction of sp³-hybridized carbons (Fsp3) is 0.778. The number of nitrogens with zero attached hydrogens (tertiary/aromatic N) is 3. The van der Waals surface area contributed by atoms with Crippen LogP contribution in [0.25, 0.3) is 0 Å². The SMILES string of the molecule is CCC(C)SCC(=O)OCCn1c(=O)n(CCOC(=O)CSC(C)CC)c(=O)n(CCOC(=O)CSC(C)CC)c1=O. The van der Waals surface area contributed by atoms with Gasteiger partial charge in [0.25, 0.3) is 0 Å². The van der Waals surface area contributed by atoms with Gasteiger partial charge in [0.05, 0.1) is 36.9 Å². The third-order valence-corrected chi connectivity index (χ3v) is 10.2. The minimum absolute atomic E-state index is 0.134. The molecule has 0 radical (unpaired) electrons. The van der Waals surface area contributed by atoms with Crippen LogP contribution in [0.3, 0.4) is 0 Å². The molecular weight excluding hydrogens is 607 g/mol. The summed E-state index contributed by atoms with van der Waals surface area (Å²) in [6.07, 6.45) is 2.69. The molecule has 0 fully saturated rings. The molecule has 240 valence electrons. The first-order valence-electron chi connectivity index (χ1n) is 14.2. The summed E-state index contributed by atoms with van der Waals surface area (Å²) < 4.78 is 18.0. The lowest BCUT2D eigenvalue weighted by Crippen LogP contribution is -2.55. The summed E-state index contributed by atoms with van der Waals surface area (Å²) >= 11 is 4.32. The number of rotatable bonds is 21. The van der Waals surface area contributed by atoms with Crippen LogP contribution in [0.5, 0.6) is 0 Å². The molecule has 0 amide bonds. The molecule has 0 aliphatic rings. The molecule has 0 aromatic carbocycles. The second-order valence-corrected chi connectivity index (χ2v) is 13.8. The van der Waals surface area contributed by atoms with Gasteiger partial charge in [0.15, 0.2) is 0 Å². The molecular formula is C27H45N3O9S3. The van der Waals surface area contributed by atoms with Crippen LogP contribution >= 0.6 is 35.3 Å². The van der Waals surface area contributed by atoms with Gasteiger partial charge in [0.1, 0.15) is 19.8 Å². The molecule has 1 aromatic heterocycles. The summed E-state index contributed by atoms with van der Waals surface area (Å²) in [6.45, 7) is 10.4. The van der Waals surface area contributed by atoms with E-state index in [4.69, 9.17) is 14.2 Å². The van der Waals surface area contributed by atoms with Crippen LogP contribution in [0.2, 0.25) is 0 Å². The van der Waals surface area contributed by atoms with Crippen molar-refractivity contribution in [2.24, 2.45) is 0 Å². The van der Waals surface area contributed by atoms with Gasteiger partial charge < -0.3 is 14.2 Å². The van der Waals surface area contributed by atoms with Gasteiger partial charge in [0.2, 0.25) is 0 Å². The maximum Gasteiger partial charge on any atom is 0.336 e. The van der Waals surface area contributed by atoms with Crippen molar-refractivity contribution in [3.63, 3.8) is 0 Å². The summed E-state index contributed by atoms with van der Waals surface area (Å²) in [5.74, 6) is -1.04. The van der Waals surface area contributed by atoms with E-state index in [9.17, 15) is 28.8 Å². The van der Waals surface area contributed by atoms with E-state index in [-0.39, 0.29) is 72.5 Å². The van der Waals surface area contributed by atoms with Gasteiger partial charge in [-0.3, -0.25) is 14.4 Å². The van der Waals surface area contributed by atoms with Gasteiger partial charge in [-0.2, -0.15) is 0 Å². The topological polar surface area (TPSA) is 145 Å². The molecule has 15 heteroatoms. The van der Waals surface area contributed by atoms with Crippen LogP contribution in [-0.4, -0.2) is 84.4 Å². The zero-order valence-electron chi connectivity index (χ0n) is 25.5. The van der Waals surface area contributed by atoms with Crippen molar-refractivity contribution in [2.45, 2.75) is 96.2 Å². The van der Waals surface area contributed by atoms with Gasteiger partial charge in [-0.1, -0.05) is 41.5 Å². The van der Waals surface area contributed by atoms with Gasteiger partial charge in [-0.15, -0.1) is 35.3 Å². The molecule has 0 saturated carbocycles. The molecule has 0 saturated heterocycles. The van der Waals surface area contributed by atoms with E-state index in [0.717, 1.165) is 33.0 Å². The largest absolute Gasteiger partial charge is 0.463 e. The molecule has 0 bridgehead atoms. The van der Waals surface area contributed by atoms with Gasteiger partial charge in [-0.25, -0.2) is 28.1 Å². The van der Waals surface area contributed by atoms with E-state index in [1.165, 1.54) is 35.3 Å². The molecule has 0 aliphatic heterocycles. The van der Waals surface area contributed by atoms with Crippen molar-refractivity contribution >= 4 is 53.2 Å². The van der Waals surface area contributed by atoms with E-state index >= 15 is 0 Å². The lowest BCUT2D eigenvalue weighted by molar-refractivity contribution is -0.141. The molecule has 1 heterocycles. The van der Waals surface area contributed by atoms with Crippen LogP contribution in [-0.2, 0) is 48.2 Å². The number of esters is 3. The first-order valence-corrected chi connectivity index (χ1v) is 17.4. The van der Waals surface area contributed by atoms with Gasteiger partial charge in [0, 0.05) is 15.7 Å². The normalized spacial score (nSPS) is 13.3.